The van der Waals surface area contributed by atoms with Gasteiger partial charge in [0.15, 0.2) is 0 Å². The van der Waals surface area contributed by atoms with E-state index in [1.165, 1.54) is 25.7 Å². The van der Waals surface area contributed by atoms with Crippen LogP contribution in [0, 0.1) is 11.8 Å². The predicted molar refractivity (Wildman–Crippen MR) is 77.3 cm³/mol. The van der Waals surface area contributed by atoms with E-state index in [1.807, 2.05) is 6.92 Å². The van der Waals surface area contributed by atoms with Crippen LogP contribution in [-0.2, 0) is 0 Å². The van der Waals surface area contributed by atoms with Gasteiger partial charge >= 0.3 is 0 Å². The van der Waals surface area contributed by atoms with Crippen molar-refractivity contribution in [2.75, 3.05) is 6.54 Å². The number of aromatic hydroxyl groups is 2. The first-order valence-electron chi connectivity index (χ1n) is 7.32. The van der Waals surface area contributed by atoms with Gasteiger partial charge in [0.1, 0.15) is 11.5 Å². The summed E-state index contributed by atoms with van der Waals surface area (Å²) < 4.78 is 0. The Balaban J connectivity index is 1.89. The number of benzene rings is 1. The summed E-state index contributed by atoms with van der Waals surface area (Å²) in [6, 6.07) is 4.87. The molecule has 0 heterocycles. The molecule has 1 saturated carbocycles. The van der Waals surface area contributed by atoms with Crippen LogP contribution in [0.5, 0.6) is 11.5 Å². The Bertz CT molecular complexity index is 391. The lowest BCUT2D eigenvalue weighted by Crippen LogP contribution is -2.28. The van der Waals surface area contributed by atoms with Crippen LogP contribution in [0.25, 0.3) is 0 Å². The van der Waals surface area contributed by atoms with Gasteiger partial charge in [-0.3, -0.25) is 0 Å². The van der Waals surface area contributed by atoms with Gasteiger partial charge in [-0.15, -0.1) is 0 Å². The maximum absolute atomic E-state index is 9.83. The van der Waals surface area contributed by atoms with Crippen LogP contribution in [-0.4, -0.2) is 16.8 Å². The highest BCUT2D eigenvalue weighted by molar-refractivity contribution is 5.44. The zero-order valence-corrected chi connectivity index (χ0v) is 11.9. The Kier molecular flexibility index (Phi) is 4.70. The van der Waals surface area contributed by atoms with Gasteiger partial charge in [0.2, 0.25) is 0 Å². The smallest absolute Gasteiger partial charge is 0.124 e. The fourth-order valence-corrected chi connectivity index (χ4v) is 2.96. The normalized spacial score (nSPS) is 25.2. The van der Waals surface area contributed by atoms with Gasteiger partial charge in [-0.1, -0.05) is 25.8 Å². The lowest BCUT2D eigenvalue weighted by Gasteiger charge is -2.28. The van der Waals surface area contributed by atoms with Crippen molar-refractivity contribution in [3.05, 3.63) is 23.8 Å². The lowest BCUT2D eigenvalue weighted by molar-refractivity contribution is 0.274. The largest absolute Gasteiger partial charge is 0.507 e. The molecule has 1 aromatic rings. The molecule has 0 radical (unpaired) electrons. The van der Waals surface area contributed by atoms with Crippen LogP contribution in [0.4, 0.5) is 0 Å². The summed E-state index contributed by atoms with van der Waals surface area (Å²) in [5, 5.41) is 23.1. The molecule has 1 atom stereocenters. The molecule has 106 valence electrons. The topological polar surface area (TPSA) is 52.5 Å². The number of phenols is 2. The minimum absolute atomic E-state index is 0.0273. The van der Waals surface area contributed by atoms with E-state index in [2.05, 4.69) is 12.2 Å². The minimum atomic E-state index is -0.0273. The van der Waals surface area contributed by atoms with E-state index in [-0.39, 0.29) is 17.5 Å². The molecule has 3 nitrogen and oxygen atoms in total. The summed E-state index contributed by atoms with van der Waals surface area (Å²) >= 11 is 0. The Morgan fingerprint density at radius 2 is 1.74 bits per heavy atom. The number of hydrogen-bond acceptors (Lipinski definition) is 3. The third-order valence-corrected chi connectivity index (χ3v) is 4.34. The molecule has 1 unspecified atom stereocenters. The van der Waals surface area contributed by atoms with E-state index >= 15 is 0 Å². The first kappa shape index (κ1) is 14.2. The summed E-state index contributed by atoms with van der Waals surface area (Å²) in [5.41, 5.74) is 0.603. The molecule has 3 heteroatoms. The Morgan fingerprint density at radius 3 is 2.32 bits per heavy atom. The van der Waals surface area contributed by atoms with Crippen molar-refractivity contribution in [3.8, 4) is 11.5 Å². The highest BCUT2D eigenvalue weighted by atomic mass is 16.3. The van der Waals surface area contributed by atoms with Crippen molar-refractivity contribution >= 4 is 0 Å². The zero-order valence-electron chi connectivity index (χ0n) is 11.9. The van der Waals surface area contributed by atoms with E-state index in [4.69, 9.17) is 0 Å². The van der Waals surface area contributed by atoms with Gasteiger partial charge in [-0.25, -0.2) is 0 Å². The van der Waals surface area contributed by atoms with Crippen LogP contribution in [0.2, 0.25) is 0 Å². The minimum Gasteiger partial charge on any atom is -0.507 e. The second-order valence-corrected chi connectivity index (χ2v) is 5.97. The molecule has 1 aliphatic carbocycles. The van der Waals surface area contributed by atoms with Crippen molar-refractivity contribution in [3.63, 3.8) is 0 Å². The molecule has 0 bridgehead atoms. The van der Waals surface area contributed by atoms with Crippen molar-refractivity contribution in [2.24, 2.45) is 11.8 Å². The third kappa shape index (κ3) is 3.63. The molecule has 19 heavy (non-hydrogen) atoms. The van der Waals surface area contributed by atoms with E-state index in [0.29, 0.717) is 5.56 Å². The number of nitrogens with one attached hydrogen (secondary N) is 1. The number of rotatable bonds is 4. The van der Waals surface area contributed by atoms with Crippen molar-refractivity contribution in [1.82, 2.24) is 5.32 Å². The van der Waals surface area contributed by atoms with Gasteiger partial charge in [0, 0.05) is 6.04 Å². The first-order chi connectivity index (χ1) is 9.08. The Labute approximate surface area is 115 Å². The Morgan fingerprint density at radius 1 is 1.16 bits per heavy atom. The van der Waals surface area contributed by atoms with Crippen LogP contribution in [0.1, 0.15) is 51.1 Å². The summed E-state index contributed by atoms with van der Waals surface area (Å²) in [4.78, 5) is 0. The molecular weight excluding hydrogens is 238 g/mol. The molecule has 2 rings (SSSR count). The monoisotopic (exact) mass is 263 g/mol. The van der Waals surface area contributed by atoms with Gasteiger partial charge in [0.05, 0.1) is 5.56 Å². The molecule has 1 aromatic carbocycles. The predicted octanol–water partition coefficient (Wildman–Crippen LogP) is 3.57. The van der Waals surface area contributed by atoms with Crippen molar-refractivity contribution in [1.29, 1.82) is 0 Å². The number of phenolic OH excluding ortho intramolecular Hbond substituents is 2. The zero-order chi connectivity index (χ0) is 13.8. The second-order valence-electron chi connectivity index (χ2n) is 5.97. The maximum Gasteiger partial charge on any atom is 0.124 e. The van der Waals surface area contributed by atoms with Crippen molar-refractivity contribution < 1.29 is 10.2 Å². The van der Waals surface area contributed by atoms with E-state index in [0.717, 1.165) is 18.4 Å². The second kappa shape index (κ2) is 6.29. The average molecular weight is 263 g/mol. The quantitative estimate of drug-likeness (QED) is 0.778. The molecule has 0 aliphatic heterocycles. The molecule has 0 spiro atoms. The summed E-state index contributed by atoms with van der Waals surface area (Å²) in [7, 11) is 0. The summed E-state index contributed by atoms with van der Waals surface area (Å²) in [5.74, 6) is 1.93. The van der Waals surface area contributed by atoms with Gasteiger partial charge in [-0.05, 0) is 50.3 Å². The van der Waals surface area contributed by atoms with Crippen LogP contribution in [0.15, 0.2) is 18.2 Å². The molecule has 1 aliphatic rings. The molecule has 0 saturated heterocycles. The van der Waals surface area contributed by atoms with E-state index in [9.17, 15) is 10.2 Å². The summed E-state index contributed by atoms with van der Waals surface area (Å²) in [6.07, 6.45) is 5.21. The van der Waals surface area contributed by atoms with Crippen LogP contribution in [0.3, 0.4) is 0 Å². The maximum atomic E-state index is 9.83. The number of hydrogen-bond donors (Lipinski definition) is 3. The Hall–Kier alpha value is -1.22. The highest BCUT2D eigenvalue weighted by Crippen LogP contribution is 2.33. The van der Waals surface area contributed by atoms with Gasteiger partial charge in [0.25, 0.3) is 0 Å². The fraction of sp³-hybridized carbons (Fsp3) is 0.625. The van der Waals surface area contributed by atoms with Gasteiger partial charge in [-0.2, -0.15) is 0 Å². The average Bonchev–Trinajstić information content (AvgIpc) is 2.38. The van der Waals surface area contributed by atoms with Crippen molar-refractivity contribution in [2.45, 2.75) is 45.6 Å². The highest BCUT2D eigenvalue weighted by Gasteiger charge is 2.20. The van der Waals surface area contributed by atoms with Gasteiger partial charge < -0.3 is 15.5 Å². The third-order valence-electron chi connectivity index (χ3n) is 4.34. The van der Waals surface area contributed by atoms with E-state index < -0.39 is 0 Å². The first-order valence-corrected chi connectivity index (χ1v) is 7.32. The van der Waals surface area contributed by atoms with Crippen LogP contribution < -0.4 is 5.32 Å². The van der Waals surface area contributed by atoms with E-state index in [1.54, 1.807) is 18.2 Å². The molecule has 0 amide bonds. The standard InChI is InChI=1S/C16H25NO2/c1-11-6-8-13(9-7-11)10-17-12(2)16-14(18)4-3-5-15(16)19/h3-5,11-13,17-19H,6-10H2,1-2H3. The SMILES string of the molecule is CC1CCC(CNC(C)c2c(O)cccc2O)CC1. The molecule has 3 N–H and O–H groups in total. The molecule has 1 fully saturated rings. The lowest BCUT2D eigenvalue weighted by atomic mass is 9.83. The summed E-state index contributed by atoms with van der Waals surface area (Å²) in [6.45, 7) is 5.27. The fourth-order valence-electron chi connectivity index (χ4n) is 2.96. The molecule has 0 aromatic heterocycles. The molecular formula is C16H25NO2. The van der Waals surface area contributed by atoms with Crippen LogP contribution >= 0.6 is 0 Å².